The Hall–Kier alpha value is -2.45. The Morgan fingerprint density at radius 1 is 1.00 bits per heavy atom. The summed E-state index contributed by atoms with van der Waals surface area (Å²) in [5.41, 5.74) is 8.06. The second-order valence-electron chi connectivity index (χ2n) is 11.2. The van der Waals surface area contributed by atoms with Crippen molar-refractivity contribution in [3.8, 4) is 0 Å². The minimum atomic E-state index is -0.505. The molecule has 5 rings (SSSR count). The van der Waals surface area contributed by atoms with Crippen LogP contribution < -0.4 is 10.6 Å². The first kappa shape index (κ1) is 25.2. The summed E-state index contributed by atoms with van der Waals surface area (Å²) in [6.07, 6.45) is 5.68. The van der Waals surface area contributed by atoms with Crippen LogP contribution in [-0.4, -0.2) is 84.9 Å². The van der Waals surface area contributed by atoms with E-state index in [-0.39, 0.29) is 30.3 Å². The third kappa shape index (κ3) is 4.77. The van der Waals surface area contributed by atoms with E-state index in [1.54, 1.807) is 4.90 Å². The highest BCUT2D eigenvalue weighted by Crippen LogP contribution is 2.42. The first-order chi connectivity index (χ1) is 17.3. The number of anilines is 1. The highest BCUT2D eigenvalue weighted by molar-refractivity contribution is 5.99. The molecule has 0 bridgehead atoms. The SMILES string of the molecule is CC(C)N1CCN(c2ccc(C(N)=O)c([C@@H](C(=O)N3CC[C@H]4OCC(=O)[C@H]43)C3CCCCC3)c2)CC1. The number of carbonyl (C=O) groups is 3. The molecule has 3 atom stereocenters. The van der Waals surface area contributed by atoms with Gasteiger partial charge in [0.15, 0.2) is 5.78 Å². The van der Waals surface area contributed by atoms with Crippen LogP contribution in [0.3, 0.4) is 0 Å². The van der Waals surface area contributed by atoms with Gasteiger partial charge in [-0.15, -0.1) is 0 Å². The Morgan fingerprint density at radius 3 is 2.39 bits per heavy atom. The van der Waals surface area contributed by atoms with Crippen molar-refractivity contribution in [2.75, 3.05) is 44.2 Å². The van der Waals surface area contributed by atoms with E-state index in [1.807, 2.05) is 18.2 Å². The summed E-state index contributed by atoms with van der Waals surface area (Å²) in [5, 5.41) is 0. The number of hydrogen-bond donors (Lipinski definition) is 1. The van der Waals surface area contributed by atoms with E-state index in [1.165, 1.54) is 6.42 Å². The average Bonchev–Trinajstić information content (AvgIpc) is 3.47. The van der Waals surface area contributed by atoms with Gasteiger partial charge in [-0.2, -0.15) is 0 Å². The quantitative estimate of drug-likeness (QED) is 0.650. The number of nitrogens with two attached hydrogens (primary N) is 1. The smallest absolute Gasteiger partial charge is 0.249 e. The zero-order valence-electron chi connectivity index (χ0n) is 21.7. The van der Waals surface area contributed by atoms with E-state index >= 15 is 0 Å². The molecule has 0 aromatic heterocycles. The van der Waals surface area contributed by atoms with Crippen LogP contribution in [0.4, 0.5) is 5.69 Å². The lowest BCUT2D eigenvalue weighted by atomic mass is 9.74. The normalized spacial score (nSPS) is 26.5. The van der Waals surface area contributed by atoms with E-state index in [2.05, 4.69) is 23.6 Å². The van der Waals surface area contributed by atoms with E-state index < -0.39 is 17.9 Å². The molecule has 1 aromatic rings. The minimum absolute atomic E-state index is 0.0138. The van der Waals surface area contributed by atoms with E-state index in [9.17, 15) is 14.4 Å². The first-order valence-corrected chi connectivity index (χ1v) is 13.7. The Balaban J connectivity index is 1.50. The molecule has 1 aromatic carbocycles. The van der Waals surface area contributed by atoms with Crippen LogP contribution in [0.2, 0.25) is 0 Å². The zero-order valence-corrected chi connectivity index (χ0v) is 21.7. The second-order valence-corrected chi connectivity index (χ2v) is 11.2. The predicted octanol–water partition coefficient (Wildman–Crippen LogP) is 2.55. The molecule has 3 aliphatic heterocycles. The molecule has 196 valence electrons. The largest absolute Gasteiger partial charge is 0.369 e. The molecular weight excluding hydrogens is 456 g/mol. The number of benzene rings is 1. The lowest BCUT2D eigenvalue weighted by Gasteiger charge is -2.39. The summed E-state index contributed by atoms with van der Waals surface area (Å²) in [6, 6.07) is 5.84. The summed E-state index contributed by atoms with van der Waals surface area (Å²) in [4.78, 5) is 46.0. The highest BCUT2D eigenvalue weighted by atomic mass is 16.5. The maximum Gasteiger partial charge on any atom is 0.249 e. The van der Waals surface area contributed by atoms with Gasteiger partial charge in [-0.1, -0.05) is 19.3 Å². The van der Waals surface area contributed by atoms with Crippen LogP contribution >= 0.6 is 0 Å². The number of hydrogen-bond acceptors (Lipinski definition) is 6. The fraction of sp³-hybridized carbons (Fsp3) is 0.679. The molecule has 3 heterocycles. The van der Waals surface area contributed by atoms with Gasteiger partial charge >= 0.3 is 0 Å². The fourth-order valence-corrected chi connectivity index (χ4v) is 6.80. The topological polar surface area (TPSA) is 96.2 Å². The Kier molecular flexibility index (Phi) is 7.35. The van der Waals surface area contributed by atoms with Gasteiger partial charge in [0.2, 0.25) is 11.8 Å². The molecule has 36 heavy (non-hydrogen) atoms. The number of ether oxygens (including phenoxy) is 1. The molecule has 3 saturated heterocycles. The Morgan fingerprint density at radius 2 is 1.72 bits per heavy atom. The molecule has 8 heteroatoms. The second kappa shape index (κ2) is 10.5. The number of piperazine rings is 1. The van der Waals surface area contributed by atoms with Crippen LogP contribution in [0, 0.1) is 5.92 Å². The standard InChI is InChI=1S/C28H40N4O4/c1-18(2)30-12-14-31(15-13-30)20-8-9-21(27(29)34)22(16-20)25(19-6-4-3-5-7-19)28(35)32-11-10-24-26(32)23(33)17-36-24/h8-9,16,18-19,24-26H,3-7,10-15,17H2,1-2H3,(H2,29,34)/t24-,25+,26-/m1/s1. The van der Waals surface area contributed by atoms with Gasteiger partial charge in [0, 0.05) is 50.0 Å². The van der Waals surface area contributed by atoms with Crippen molar-refractivity contribution in [2.45, 2.75) is 76.5 Å². The summed E-state index contributed by atoms with van der Waals surface area (Å²) in [5.74, 6) is -0.905. The number of amides is 2. The third-order valence-corrected chi connectivity index (χ3v) is 8.83. The number of Topliss-reactive ketones (excluding diaryl/α,β-unsaturated/α-hetero) is 1. The van der Waals surface area contributed by atoms with Gasteiger partial charge in [-0.05, 0) is 62.8 Å². The van der Waals surface area contributed by atoms with Crippen molar-refractivity contribution in [3.63, 3.8) is 0 Å². The summed E-state index contributed by atoms with van der Waals surface area (Å²) < 4.78 is 5.66. The monoisotopic (exact) mass is 496 g/mol. The molecule has 1 aliphatic carbocycles. The minimum Gasteiger partial charge on any atom is -0.369 e. The number of likely N-dealkylation sites (tertiary alicyclic amines) is 1. The third-order valence-electron chi connectivity index (χ3n) is 8.83. The van der Waals surface area contributed by atoms with Crippen molar-refractivity contribution >= 4 is 23.3 Å². The molecule has 0 radical (unpaired) electrons. The summed E-state index contributed by atoms with van der Waals surface area (Å²) in [6.45, 7) is 8.80. The van der Waals surface area contributed by atoms with E-state index in [0.29, 0.717) is 24.6 Å². The van der Waals surface area contributed by atoms with E-state index in [4.69, 9.17) is 10.5 Å². The van der Waals surface area contributed by atoms with Gasteiger partial charge in [0.25, 0.3) is 0 Å². The van der Waals surface area contributed by atoms with Crippen LogP contribution in [0.25, 0.3) is 0 Å². The number of nitrogens with zero attached hydrogens (tertiary/aromatic N) is 3. The summed E-state index contributed by atoms with van der Waals surface area (Å²) in [7, 11) is 0. The van der Waals surface area contributed by atoms with Crippen molar-refractivity contribution in [2.24, 2.45) is 11.7 Å². The van der Waals surface area contributed by atoms with Crippen LogP contribution in [-0.2, 0) is 14.3 Å². The van der Waals surface area contributed by atoms with Crippen molar-refractivity contribution < 1.29 is 19.1 Å². The highest BCUT2D eigenvalue weighted by Gasteiger charge is 2.49. The molecule has 2 amide bonds. The number of primary amides is 1. The molecule has 4 fully saturated rings. The lowest BCUT2D eigenvalue weighted by Crippen LogP contribution is -2.49. The van der Waals surface area contributed by atoms with Crippen LogP contribution in [0.5, 0.6) is 0 Å². The molecule has 8 nitrogen and oxygen atoms in total. The molecule has 4 aliphatic rings. The number of fused-ring (bicyclic) bond motifs is 1. The predicted molar refractivity (Wildman–Crippen MR) is 138 cm³/mol. The van der Waals surface area contributed by atoms with Crippen LogP contribution in [0.1, 0.15) is 74.2 Å². The van der Waals surface area contributed by atoms with Gasteiger partial charge in [0.05, 0.1) is 12.0 Å². The first-order valence-electron chi connectivity index (χ1n) is 13.7. The van der Waals surface area contributed by atoms with Crippen molar-refractivity contribution in [1.82, 2.24) is 9.80 Å². The molecule has 1 saturated carbocycles. The molecule has 0 spiro atoms. The summed E-state index contributed by atoms with van der Waals surface area (Å²) >= 11 is 0. The maximum absolute atomic E-state index is 14.3. The van der Waals surface area contributed by atoms with Crippen LogP contribution in [0.15, 0.2) is 18.2 Å². The number of ketones is 1. The van der Waals surface area contributed by atoms with Gasteiger partial charge in [-0.25, -0.2) is 0 Å². The zero-order chi connectivity index (χ0) is 25.4. The fourth-order valence-electron chi connectivity index (χ4n) is 6.80. The Labute approximate surface area is 214 Å². The lowest BCUT2D eigenvalue weighted by molar-refractivity contribution is -0.139. The van der Waals surface area contributed by atoms with Crippen molar-refractivity contribution in [3.05, 3.63) is 29.3 Å². The van der Waals surface area contributed by atoms with E-state index in [0.717, 1.165) is 63.1 Å². The van der Waals surface area contributed by atoms with Crippen molar-refractivity contribution in [1.29, 1.82) is 0 Å². The average molecular weight is 497 g/mol. The van der Waals surface area contributed by atoms with Gasteiger partial charge in [0.1, 0.15) is 12.6 Å². The molecular formula is C28H40N4O4. The number of rotatable bonds is 6. The van der Waals surface area contributed by atoms with Gasteiger partial charge < -0.3 is 20.3 Å². The molecule has 2 N–H and O–H groups in total. The molecule has 0 unspecified atom stereocenters. The Bertz CT molecular complexity index is 997. The van der Waals surface area contributed by atoms with Gasteiger partial charge in [-0.3, -0.25) is 19.3 Å². The maximum atomic E-state index is 14.3. The number of carbonyl (C=O) groups excluding carboxylic acids is 3.